The zero-order chi connectivity index (χ0) is 14.6. The van der Waals surface area contributed by atoms with Crippen LogP contribution in [0.2, 0.25) is 5.02 Å². The fourth-order valence-electron chi connectivity index (χ4n) is 1.31. The zero-order valence-electron chi connectivity index (χ0n) is 10.9. The van der Waals surface area contributed by atoms with Crippen molar-refractivity contribution in [1.29, 1.82) is 0 Å². The summed E-state index contributed by atoms with van der Waals surface area (Å²) < 4.78 is 5.10. The molecule has 0 radical (unpaired) electrons. The normalized spacial score (nSPS) is 11.0. The van der Waals surface area contributed by atoms with Crippen molar-refractivity contribution in [3.8, 4) is 0 Å². The average molecular weight is 304 g/mol. The molecular formula is C13H15Cl2NO3. The van der Waals surface area contributed by atoms with Crippen LogP contribution in [-0.2, 0) is 4.74 Å². The fraction of sp³-hybridized carbons (Fsp3) is 0.385. The summed E-state index contributed by atoms with van der Waals surface area (Å²) in [7, 11) is 0. The molecule has 6 heteroatoms. The summed E-state index contributed by atoms with van der Waals surface area (Å²) in [5.41, 5.74) is 0.100. The second kappa shape index (κ2) is 6.26. The first-order valence-corrected chi connectivity index (χ1v) is 6.53. The van der Waals surface area contributed by atoms with Gasteiger partial charge in [0, 0.05) is 11.3 Å². The van der Waals surface area contributed by atoms with Crippen molar-refractivity contribution in [1.82, 2.24) is 0 Å². The van der Waals surface area contributed by atoms with Crippen LogP contribution in [0.4, 0.5) is 10.5 Å². The van der Waals surface area contributed by atoms with Gasteiger partial charge in [0.25, 0.3) is 0 Å². The monoisotopic (exact) mass is 303 g/mol. The lowest BCUT2D eigenvalue weighted by atomic mass is 10.1. The Hall–Kier alpha value is -1.26. The van der Waals surface area contributed by atoms with Crippen LogP contribution in [0.5, 0.6) is 0 Å². The van der Waals surface area contributed by atoms with Crippen molar-refractivity contribution in [2.45, 2.75) is 26.4 Å². The molecule has 0 spiro atoms. The van der Waals surface area contributed by atoms with Crippen molar-refractivity contribution in [2.75, 3.05) is 11.2 Å². The van der Waals surface area contributed by atoms with E-state index in [1.54, 1.807) is 26.8 Å². The molecule has 0 unspecified atom stereocenters. The number of Topliss-reactive ketones (excluding diaryl/α,β-unsaturated/α-hetero) is 1. The summed E-state index contributed by atoms with van der Waals surface area (Å²) in [5, 5.41) is 2.82. The molecule has 19 heavy (non-hydrogen) atoms. The Kier molecular flexibility index (Phi) is 5.20. The van der Waals surface area contributed by atoms with Crippen LogP contribution in [0.15, 0.2) is 18.2 Å². The summed E-state index contributed by atoms with van der Waals surface area (Å²) >= 11 is 11.4. The van der Waals surface area contributed by atoms with Crippen LogP contribution in [0, 0.1) is 0 Å². The van der Waals surface area contributed by atoms with Crippen molar-refractivity contribution < 1.29 is 14.3 Å². The second-order valence-corrected chi connectivity index (χ2v) is 5.55. The molecule has 1 amide bonds. The van der Waals surface area contributed by atoms with Gasteiger partial charge in [0.05, 0.1) is 10.9 Å². The van der Waals surface area contributed by atoms with E-state index in [4.69, 9.17) is 27.9 Å². The smallest absolute Gasteiger partial charge is 0.412 e. The van der Waals surface area contributed by atoms with Crippen molar-refractivity contribution in [3.05, 3.63) is 28.8 Å². The molecule has 1 aromatic rings. The first-order valence-electron chi connectivity index (χ1n) is 5.61. The third kappa shape index (κ3) is 5.09. The van der Waals surface area contributed by atoms with Gasteiger partial charge in [-0.3, -0.25) is 10.1 Å². The molecule has 0 aromatic heterocycles. The van der Waals surface area contributed by atoms with Gasteiger partial charge in [-0.2, -0.15) is 0 Å². The highest BCUT2D eigenvalue weighted by Crippen LogP contribution is 2.22. The Balaban J connectivity index is 2.86. The number of anilines is 1. The van der Waals surface area contributed by atoms with E-state index in [-0.39, 0.29) is 17.2 Å². The first kappa shape index (κ1) is 15.8. The Morgan fingerprint density at radius 3 is 2.47 bits per heavy atom. The Labute approximate surface area is 122 Å². The molecule has 104 valence electrons. The summed E-state index contributed by atoms with van der Waals surface area (Å²) in [4.78, 5) is 23.1. The summed E-state index contributed by atoms with van der Waals surface area (Å²) in [6.45, 7) is 5.28. The number of carbonyl (C=O) groups excluding carboxylic acids is 2. The van der Waals surface area contributed by atoms with E-state index in [0.29, 0.717) is 10.7 Å². The predicted octanol–water partition coefficient (Wildman–Crippen LogP) is 4.11. The molecule has 0 saturated carbocycles. The van der Waals surface area contributed by atoms with Gasteiger partial charge in [-0.05, 0) is 39.0 Å². The number of ether oxygens (including phenoxy) is 1. The quantitative estimate of drug-likeness (QED) is 0.675. The first-order chi connectivity index (χ1) is 8.73. The number of benzene rings is 1. The molecule has 0 aliphatic rings. The van der Waals surface area contributed by atoms with Gasteiger partial charge in [0.1, 0.15) is 5.60 Å². The SMILES string of the molecule is CC(C)(C)OC(=O)Nc1ccc(Cl)c(C(=O)CCl)c1. The minimum absolute atomic E-state index is 0.171. The number of rotatable bonds is 3. The third-order valence-electron chi connectivity index (χ3n) is 2.03. The summed E-state index contributed by atoms with van der Waals surface area (Å²) in [6, 6.07) is 4.57. The number of alkyl halides is 1. The van der Waals surface area contributed by atoms with E-state index >= 15 is 0 Å². The Morgan fingerprint density at radius 2 is 1.95 bits per heavy atom. The van der Waals surface area contributed by atoms with Gasteiger partial charge in [-0.1, -0.05) is 11.6 Å². The van der Waals surface area contributed by atoms with Crippen LogP contribution < -0.4 is 5.32 Å². The maximum Gasteiger partial charge on any atom is 0.412 e. The standard InChI is InChI=1S/C13H15Cl2NO3/c1-13(2,3)19-12(18)16-8-4-5-10(15)9(6-8)11(17)7-14/h4-6H,7H2,1-3H3,(H,16,18). The molecule has 0 bridgehead atoms. The van der Waals surface area contributed by atoms with E-state index in [9.17, 15) is 9.59 Å². The van der Waals surface area contributed by atoms with Gasteiger partial charge >= 0.3 is 6.09 Å². The molecule has 0 atom stereocenters. The van der Waals surface area contributed by atoms with Gasteiger partial charge in [-0.25, -0.2) is 4.79 Å². The van der Waals surface area contributed by atoms with Crippen molar-refractivity contribution >= 4 is 40.8 Å². The van der Waals surface area contributed by atoms with Gasteiger partial charge in [-0.15, -0.1) is 11.6 Å². The maximum atomic E-state index is 11.6. The van der Waals surface area contributed by atoms with E-state index in [2.05, 4.69) is 5.32 Å². The van der Waals surface area contributed by atoms with Gasteiger partial charge in [0.15, 0.2) is 5.78 Å². The summed E-state index contributed by atoms with van der Waals surface area (Å²) in [6.07, 6.45) is -0.598. The minimum Gasteiger partial charge on any atom is -0.444 e. The lowest BCUT2D eigenvalue weighted by Crippen LogP contribution is -2.27. The average Bonchev–Trinajstić information content (AvgIpc) is 2.28. The van der Waals surface area contributed by atoms with Crippen LogP contribution in [0.1, 0.15) is 31.1 Å². The zero-order valence-corrected chi connectivity index (χ0v) is 12.4. The largest absolute Gasteiger partial charge is 0.444 e. The predicted molar refractivity (Wildman–Crippen MR) is 76.4 cm³/mol. The number of ketones is 1. The Morgan fingerprint density at radius 1 is 1.32 bits per heavy atom. The highest BCUT2D eigenvalue weighted by atomic mass is 35.5. The number of halogens is 2. The number of carbonyl (C=O) groups is 2. The number of hydrogen-bond donors (Lipinski definition) is 1. The highest BCUT2D eigenvalue weighted by Gasteiger charge is 2.17. The number of hydrogen-bond acceptors (Lipinski definition) is 3. The lowest BCUT2D eigenvalue weighted by molar-refractivity contribution is 0.0635. The third-order valence-corrected chi connectivity index (χ3v) is 2.61. The molecule has 0 heterocycles. The molecule has 0 saturated heterocycles. The summed E-state index contributed by atoms with van der Waals surface area (Å²) in [5.74, 6) is -0.477. The van der Waals surface area contributed by atoms with Gasteiger partial charge in [0.2, 0.25) is 0 Å². The molecular weight excluding hydrogens is 289 g/mol. The molecule has 0 aliphatic carbocycles. The molecule has 1 N–H and O–H groups in total. The van der Waals surface area contributed by atoms with Gasteiger partial charge < -0.3 is 4.74 Å². The van der Waals surface area contributed by atoms with E-state index in [0.717, 1.165) is 0 Å². The van der Waals surface area contributed by atoms with Crippen molar-refractivity contribution in [2.24, 2.45) is 0 Å². The van der Waals surface area contributed by atoms with E-state index < -0.39 is 11.7 Å². The number of nitrogens with one attached hydrogen (secondary N) is 1. The Bertz CT molecular complexity index is 495. The fourth-order valence-corrected chi connectivity index (χ4v) is 1.68. The molecule has 1 rings (SSSR count). The van der Waals surface area contributed by atoms with Crippen LogP contribution in [0.3, 0.4) is 0 Å². The highest BCUT2D eigenvalue weighted by molar-refractivity contribution is 6.37. The van der Waals surface area contributed by atoms with Crippen LogP contribution >= 0.6 is 23.2 Å². The lowest BCUT2D eigenvalue weighted by Gasteiger charge is -2.19. The van der Waals surface area contributed by atoms with Crippen LogP contribution in [-0.4, -0.2) is 23.4 Å². The van der Waals surface area contributed by atoms with E-state index in [1.165, 1.54) is 12.1 Å². The second-order valence-electron chi connectivity index (χ2n) is 4.88. The topological polar surface area (TPSA) is 55.4 Å². The molecule has 0 aliphatic heterocycles. The van der Waals surface area contributed by atoms with Crippen LogP contribution in [0.25, 0.3) is 0 Å². The van der Waals surface area contributed by atoms with E-state index in [1.807, 2.05) is 0 Å². The molecule has 0 fully saturated rings. The molecule has 1 aromatic carbocycles. The number of amides is 1. The minimum atomic E-state index is -0.598. The maximum absolute atomic E-state index is 11.6. The molecule has 4 nitrogen and oxygen atoms in total. The van der Waals surface area contributed by atoms with Crippen molar-refractivity contribution in [3.63, 3.8) is 0 Å².